The highest BCUT2D eigenvalue weighted by Gasteiger charge is 2.40. The molecule has 0 atom stereocenters. The molecule has 5 heteroatoms. The monoisotopic (exact) mass is 226 g/mol. The van der Waals surface area contributed by atoms with E-state index in [0.717, 1.165) is 5.57 Å². The molecule has 0 spiro atoms. The molecular weight excluding hydrogens is 212 g/mol. The van der Waals surface area contributed by atoms with Crippen molar-refractivity contribution in [1.29, 1.82) is 0 Å². The third kappa shape index (κ3) is 2.09. The number of hydrogen-bond donors (Lipinski definition) is 0. The van der Waals surface area contributed by atoms with Crippen LogP contribution in [0.5, 0.6) is 0 Å². The largest absolute Gasteiger partial charge is 0.419 e. The molecule has 2 aliphatic heterocycles. The topological polar surface area (TPSA) is 61.8 Å². The number of rotatable bonds is 0. The Labute approximate surface area is 93.4 Å². The van der Waals surface area contributed by atoms with E-state index in [1.807, 2.05) is 0 Å². The van der Waals surface area contributed by atoms with Crippen LogP contribution >= 0.6 is 0 Å². The summed E-state index contributed by atoms with van der Waals surface area (Å²) in [6.07, 6.45) is 1.17. The van der Waals surface area contributed by atoms with Gasteiger partial charge in [-0.15, -0.1) is 0 Å². The number of cyclic esters (lactones) is 2. The fraction of sp³-hybridized carbons (Fsp3) is 0.636. The predicted octanol–water partition coefficient (Wildman–Crippen LogP) is 0.929. The van der Waals surface area contributed by atoms with Crippen LogP contribution in [0.4, 0.5) is 0 Å². The van der Waals surface area contributed by atoms with Gasteiger partial charge in [-0.05, 0) is 18.4 Å². The maximum Gasteiger partial charge on any atom is 0.348 e. The van der Waals surface area contributed by atoms with Crippen molar-refractivity contribution in [1.82, 2.24) is 0 Å². The van der Waals surface area contributed by atoms with Crippen LogP contribution in [-0.2, 0) is 23.8 Å². The minimum atomic E-state index is -1.16. The summed E-state index contributed by atoms with van der Waals surface area (Å²) in [4.78, 5) is 23.4. The Hall–Kier alpha value is -1.36. The fourth-order valence-corrected chi connectivity index (χ4v) is 1.81. The Morgan fingerprint density at radius 3 is 2.00 bits per heavy atom. The first-order valence-electron chi connectivity index (χ1n) is 5.26. The van der Waals surface area contributed by atoms with Crippen LogP contribution in [0.1, 0.15) is 26.7 Å². The van der Waals surface area contributed by atoms with Gasteiger partial charge in [-0.25, -0.2) is 9.59 Å². The molecule has 0 unspecified atom stereocenters. The second kappa shape index (κ2) is 3.90. The van der Waals surface area contributed by atoms with E-state index in [1.165, 1.54) is 13.8 Å². The summed E-state index contributed by atoms with van der Waals surface area (Å²) in [5.74, 6) is -2.33. The van der Waals surface area contributed by atoms with Gasteiger partial charge in [0.2, 0.25) is 0 Å². The predicted molar refractivity (Wildman–Crippen MR) is 53.3 cm³/mol. The van der Waals surface area contributed by atoms with Crippen LogP contribution < -0.4 is 0 Å². The molecule has 0 N–H and O–H groups in total. The minimum absolute atomic E-state index is 0.0580. The second-order valence-electron chi connectivity index (χ2n) is 4.27. The summed E-state index contributed by atoms with van der Waals surface area (Å²) in [6.45, 7) is 4.13. The third-order valence-corrected chi connectivity index (χ3v) is 2.54. The highest BCUT2D eigenvalue weighted by molar-refractivity contribution is 6.16. The zero-order valence-electron chi connectivity index (χ0n) is 9.37. The van der Waals surface area contributed by atoms with Crippen molar-refractivity contribution in [3.63, 3.8) is 0 Å². The Morgan fingerprint density at radius 2 is 1.50 bits per heavy atom. The molecule has 0 aromatic rings. The van der Waals surface area contributed by atoms with E-state index in [0.29, 0.717) is 26.1 Å². The molecule has 2 rings (SSSR count). The fourth-order valence-electron chi connectivity index (χ4n) is 1.81. The first-order chi connectivity index (χ1) is 7.49. The van der Waals surface area contributed by atoms with Gasteiger partial charge in [0.1, 0.15) is 5.57 Å². The lowest BCUT2D eigenvalue weighted by Crippen LogP contribution is -2.42. The maximum atomic E-state index is 11.7. The number of carbonyl (C=O) groups is 2. The van der Waals surface area contributed by atoms with Crippen LogP contribution in [-0.4, -0.2) is 30.9 Å². The highest BCUT2D eigenvalue weighted by atomic mass is 16.7. The summed E-state index contributed by atoms with van der Waals surface area (Å²) in [7, 11) is 0. The molecular formula is C11H14O5. The van der Waals surface area contributed by atoms with Gasteiger partial charge in [0, 0.05) is 13.8 Å². The van der Waals surface area contributed by atoms with E-state index in [9.17, 15) is 9.59 Å². The molecule has 0 saturated carbocycles. The van der Waals surface area contributed by atoms with Gasteiger partial charge in [-0.2, -0.15) is 0 Å². The summed E-state index contributed by atoms with van der Waals surface area (Å²) < 4.78 is 15.2. The summed E-state index contributed by atoms with van der Waals surface area (Å²) in [5.41, 5.74) is 0.833. The Balaban J connectivity index is 2.28. The first-order valence-corrected chi connectivity index (χ1v) is 5.26. The molecule has 16 heavy (non-hydrogen) atoms. The molecule has 0 radical (unpaired) electrons. The number of hydrogen-bond acceptors (Lipinski definition) is 5. The van der Waals surface area contributed by atoms with Crippen molar-refractivity contribution in [2.75, 3.05) is 13.2 Å². The summed E-state index contributed by atoms with van der Waals surface area (Å²) >= 11 is 0. The van der Waals surface area contributed by atoms with Crippen LogP contribution in [0.25, 0.3) is 0 Å². The van der Waals surface area contributed by atoms with E-state index in [1.54, 1.807) is 0 Å². The average molecular weight is 226 g/mol. The molecule has 2 heterocycles. The van der Waals surface area contributed by atoms with Gasteiger partial charge in [-0.1, -0.05) is 0 Å². The molecule has 2 fully saturated rings. The van der Waals surface area contributed by atoms with Crippen LogP contribution in [0.15, 0.2) is 11.1 Å². The SMILES string of the molecule is CC1(C)OC(=O)C(=C2CCOCC2)C(=O)O1. The van der Waals surface area contributed by atoms with Crippen molar-refractivity contribution >= 4 is 11.9 Å². The zero-order valence-corrected chi connectivity index (χ0v) is 9.37. The van der Waals surface area contributed by atoms with Crippen LogP contribution in [0.3, 0.4) is 0 Å². The quantitative estimate of drug-likeness (QED) is 0.349. The molecule has 2 saturated heterocycles. The number of carbonyl (C=O) groups excluding carboxylic acids is 2. The van der Waals surface area contributed by atoms with Gasteiger partial charge in [0.25, 0.3) is 5.79 Å². The van der Waals surface area contributed by atoms with Crippen molar-refractivity contribution in [2.45, 2.75) is 32.5 Å². The normalized spacial score (nSPS) is 25.1. The molecule has 0 aromatic carbocycles. The van der Waals surface area contributed by atoms with Gasteiger partial charge in [0.05, 0.1) is 13.2 Å². The lowest BCUT2D eigenvalue weighted by molar-refractivity contribution is -0.222. The molecule has 0 amide bonds. The molecule has 88 valence electrons. The van der Waals surface area contributed by atoms with Gasteiger partial charge < -0.3 is 14.2 Å². The van der Waals surface area contributed by atoms with Crippen molar-refractivity contribution in [3.8, 4) is 0 Å². The Bertz CT molecular complexity index is 337. The minimum Gasteiger partial charge on any atom is -0.419 e. The highest BCUT2D eigenvalue weighted by Crippen LogP contribution is 2.28. The van der Waals surface area contributed by atoms with Gasteiger partial charge in [-0.3, -0.25) is 0 Å². The number of ether oxygens (including phenoxy) is 3. The molecule has 5 nitrogen and oxygen atoms in total. The lowest BCUT2D eigenvalue weighted by atomic mass is 10.00. The Kier molecular flexibility index (Phi) is 2.71. The molecule has 2 aliphatic rings. The maximum absolute atomic E-state index is 11.7. The summed E-state index contributed by atoms with van der Waals surface area (Å²) in [6, 6.07) is 0. The molecule has 0 bridgehead atoms. The molecule has 0 aliphatic carbocycles. The zero-order chi connectivity index (χ0) is 11.8. The van der Waals surface area contributed by atoms with E-state index < -0.39 is 17.7 Å². The first kappa shape index (κ1) is 11.1. The second-order valence-corrected chi connectivity index (χ2v) is 4.27. The van der Waals surface area contributed by atoms with E-state index in [-0.39, 0.29) is 5.57 Å². The van der Waals surface area contributed by atoms with E-state index >= 15 is 0 Å². The van der Waals surface area contributed by atoms with Gasteiger partial charge in [0.15, 0.2) is 0 Å². The summed E-state index contributed by atoms with van der Waals surface area (Å²) in [5, 5.41) is 0. The van der Waals surface area contributed by atoms with Crippen molar-refractivity contribution in [2.24, 2.45) is 0 Å². The molecule has 0 aromatic heterocycles. The van der Waals surface area contributed by atoms with Gasteiger partial charge >= 0.3 is 11.9 Å². The standard InChI is InChI=1S/C11H14O5/c1-11(2)15-9(12)8(10(13)16-11)7-3-5-14-6-4-7/h3-6H2,1-2H3. The van der Waals surface area contributed by atoms with E-state index in [2.05, 4.69) is 0 Å². The smallest absolute Gasteiger partial charge is 0.348 e. The Morgan fingerprint density at radius 1 is 1.00 bits per heavy atom. The van der Waals surface area contributed by atoms with E-state index in [4.69, 9.17) is 14.2 Å². The van der Waals surface area contributed by atoms with Crippen LogP contribution in [0, 0.1) is 0 Å². The van der Waals surface area contributed by atoms with Crippen molar-refractivity contribution < 1.29 is 23.8 Å². The average Bonchev–Trinajstić information content (AvgIpc) is 2.16. The third-order valence-electron chi connectivity index (χ3n) is 2.54. The van der Waals surface area contributed by atoms with Crippen molar-refractivity contribution in [3.05, 3.63) is 11.1 Å². The lowest BCUT2D eigenvalue weighted by Gasteiger charge is -2.31. The van der Waals surface area contributed by atoms with Crippen LogP contribution in [0.2, 0.25) is 0 Å². The number of esters is 2.